The van der Waals surface area contributed by atoms with Gasteiger partial charge in [-0.15, -0.1) is 0 Å². The summed E-state index contributed by atoms with van der Waals surface area (Å²) in [5.41, 5.74) is 0.737. The van der Waals surface area contributed by atoms with Crippen LogP contribution in [0.3, 0.4) is 0 Å². The zero-order valence-corrected chi connectivity index (χ0v) is 18.5. The average molecular weight is 534 g/mol. The minimum atomic E-state index is -4.81. The second-order valence-electron chi connectivity index (χ2n) is 6.35. The van der Waals surface area contributed by atoms with E-state index in [0.29, 0.717) is 7.14 Å². The Hall–Kier alpha value is -1.91. The van der Waals surface area contributed by atoms with Crippen LogP contribution >= 0.6 is 20.2 Å². The molecule has 154 valence electrons. The Kier molecular flexibility index (Phi) is 6.35. The van der Waals surface area contributed by atoms with Crippen LogP contribution in [0.25, 0.3) is 0 Å². The molecule has 0 N–H and O–H groups in total. The van der Waals surface area contributed by atoms with E-state index in [2.05, 4.69) is 0 Å². The van der Waals surface area contributed by atoms with Gasteiger partial charge in [0.25, 0.3) is 0 Å². The van der Waals surface area contributed by atoms with Crippen LogP contribution in [0.1, 0.15) is 16.7 Å². The zero-order chi connectivity index (χ0) is 21.2. The number of benzene rings is 3. The minimum absolute atomic E-state index is 0.678. The average Bonchev–Trinajstić information content (AvgIpc) is 2.67. The number of rotatable bonds is 5. The Morgan fingerprint density at radius 1 is 0.759 bits per heavy atom. The standard InChI is InChI=1S/C21H18F3IO3S/c1-15-7-11-17(12-8-15)25(18-13-9-16(2)10-14-18)28-29(26,27)20-6-4-3-5-19(20)21(22,23)24/h3-14H,1-2H3. The molecule has 0 aliphatic rings. The van der Waals surface area contributed by atoms with Gasteiger partial charge in [0, 0.05) is 0 Å². The summed E-state index contributed by atoms with van der Waals surface area (Å²) in [6, 6.07) is 18.5. The quantitative estimate of drug-likeness (QED) is 0.367. The van der Waals surface area contributed by atoms with E-state index < -0.39 is 47.0 Å². The summed E-state index contributed by atoms with van der Waals surface area (Å²) in [7, 11) is -4.64. The summed E-state index contributed by atoms with van der Waals surface area (Å²) in [6.07, 6.45) is -4.81. The van der Waals surface area contributed by atoms with Gasteiger partial charge in [-0.1, -0.05) is 0 Å². The number of alkyl halides is 3. The van der Waals surface area contributed by atoms with E-state index in [-0.39, 0.29) is 0 Å². The summed E-state index contributed by atoms with van der Waals surface area (Å²) in [4.78, 5) is -0.867. The Morgan fingerprint density at radius 3 is 1.66 bits per heavy atom. The van der Waals surface area contributed by atoms with Crippen LogP contribution in [0.4, 0.5) is 13.2 Å². The molecule has 0 saturated carbocycles. The SMILES string of the molecule is Cc1ccc(I(OS(=O)(=O)c2ccccc2C(F)(F)F)c2ccc(C)cc2)cc1. The van der Waals surface area contributed by atoms with Gasteiger partial charge in [-0.3, -0.25) is 0 Å². The van der Waals surface area contributed by atoms with Crippen LogP contribution in [-0.4, -0.2) is 8.42 Å². The molecule has 0 unspecified atom stereocenters. The van der Waals surface area contributed by atoms with Crippen molar-refractivity contribution in [1.82, 2.24) is 0 Å². The van der Waals surface area contributed by atoms with E-state index in [0.717, 1.165) is 29.3 Å². The molecule has 0 fully saturated rings. The molecule has 0 saturated heterocycles. The van der Waals surface area contributed by atoms with Gasteiger partial charge in [0.05, 0.1) is 0 Å². The van der Waals surface area contributed by atoms with Gasteiger partial charge in [0.2, 0.25) is 0 Å². The summed E-state index contributed by atoms with van der Waals surface area (Å²) in [5.74, 6) is 0. The molecule has 3 nitrogen and oxygen atoms in total. The van der Waals surface area contributed by atoms with Crippen LogP contribution in [-0.2, 0) is 18.8 Å². The van der Waals surface area contributed by atoms with Crippen molar-refractivity contribution in [1.29, 1.82) is 0 Å². The first-order valence-corrected chi connectivity index (χ1v) is 13.0. The molecule has 0 aromatic heterocycles. The summed E-state index contributed by atoms with van der Waals surface area (Å²) in [5, 5.41) is 0. The first-order valence-electron chi connectivity index (χ1n) is 8.52. The zero-order valence-electron chi connectivity index (χ0n) is 15.6. The van der Waals surface area contributed by atoms with Crippen LogP contribution in [0.2, 0.25) is 0 Å². The van der Waals surface area contributed by atoms with Gasteiger partial charge < -0.3 is 0 Å². The second-order valence-corrected chi connectivity index (χ2v) is 12.8. The first-order chi connectivity index (χ1) is 13.6. The molecule has 0 spiro atoms. The Balaban J connectivity index is 2.08. The van der Waals surface area contributed by atoms with Crippen molar-refractivity contribution in [2.24, 2.45) is 0 Å². The molecule has 0 bridgehead atoms. The summed E-state index contributed by atoms with van der Waals surface area (Å²) >= 11 is -3.04. The molecule has 3 rings (SSSR count). The summed E-state index contributed by atoms with van der Waals surface area (Å²) < 4.78 is 72.7. The topological polar surface area (TPSA) is 43.4 Å². The summed E-state index contributed by atoms with van der Waals surface area (Å²) in [6.45, 7) is 3.79. The van der Waals surface area contributed by atoms with Crippen molar-refractivity contribution in [3.63, 3.8) is 0 Å². The third-order valence-corrected chi connectivity index (χ3v) is 11.4. The Morgan fingerprint density at radius 2 is 1.21 bits per heavy atom. The van der Waals surface area contributed by atoms with Crippen LogP contribution in [0.5, 0.6) is 0 Å². The van der Waals surface area contributed by atoms with Gasteiger partial charge in [0.1, 0.15) is 0 Å². The third kappa shape index (κ3) is 5.18. The normalized spacial score (nSPS) is 12.7. The molecule has 3 aromatic rings. The van der Waals surface area contributed by atoms with E-state index in [1.165, 1.54) is 6.07 Å². The number of hydrogen-bond donors (Lipinski definition) is 0. The molecule has 0 heterocycles. The van der Waals surface area contributed by atoms with E-state index in [4.69, 9.17) is 2.51 Å². The number of aryl methyl sites for hydroxylation is 2. The van der Waals surface area contributed by atoms with Crippen molar-refractivity contribution >= 4 is 30.4 Å². The fourth-order valence-electron chi connectivity index (χ4n) is 2.53. The maximum absolute atomic E-state index is 13.3. The molecule has 0 aliphatic heterocycles. The van der Waals surface area contributed by atoms with Crippen molar-refractivity contribution in [2.45, 2.75) is 24.9 Å². The van der Waals surface area contributed by atoms with Crippen molar-refractivity contribution < 1.29 is 24.1 Å². The van der Waals surface area contributed by atoms with Gasteiger partial charge in [-0.25, -0.2) is 0 Å². The van der Waals surface area contributed by atoms with E-state index in [1.807, 2.05) is 38.1 Å². The molecule has 29 heavy (non-hydrogen) atoms. The van der Waals surface area contributed by atoms with E-state index in [9.17, 15) is 21.6 Å². The molecule has 0 atom stereocenters. The predicted molar refractivity (Wildman–Crippen MR) is 113 cm³/mol. The second kappa shape index (κ2) is 8.45. The van der Waals surface area contributed by atoms with Crippen LogP contribution in [0.15, 0.2) is 77.7 Å². The van der Waals surface area contributed by atoms with Crippen LogP contribution in [0, 0.1) is 21.0 Å². The van der Waals surface area contributed by atoms with Gasteiger partial charge >= 0.3 is 176 Å². The van der Waals surface area contributed by atoms with Crippen molar-refractivity contribution in [3.05, 3.63) is 96.6 Å². The fraction of sp³-hybridized carbons (Fsp3) is 0.143. The molecule has 0 radical (unpaired) electrons. The Labute approximate surface area is 175 Å². The maximum atomic E-state index is 13.3. The molecule has 8 heteroatoms. The molecular weight excluding hydrogens is 516 g/mol. The molecule has 0 aliphatic carbocycles. The van der Waals surface area contributed by atoms with E-state index in [1.54, 1.807) is 24.3 Å². The molecule has 0 amide bonds. The number of halogens is 4. The predicted octanol–water partition coefficient (Wildman–Crippen LogP) is 6.19. The van der Waals surface area contributed by atoms with Crippen molar-refractivity contribution in [2.75, 3.05) is 0 Å². The first kappa shape index (κ1) is 21.8. The Bertz CT molecular complexity index is 1050. The molecule has 3 aromatic carbocycles. The number of hydrogen-bond acceptors (Lipinski definition) is 3. The third-order valence-electron chi connectivity index (χ3n) is 4.03. The van der Waals surface area contributed by atoms with Gasteiger partial charge in [0.15, 0.2) is 0 Å². The van der Waals surface area contributed by atoms with Gasteiger partial charge in [-0.05, 0) is 0 Å². The van der Waals surface area contributed by atoms with Crippen molar-refractivity contribution in [3.8, 4) is 0 Å². The molecular formula is C21H18F3IO3S. The van der Waals surface area contributed by atoms with Crippen LogP contribution < -0.4 is 0 Å². The monoisotopic (exact) mass is 534 g/mol. The van der Waals surface area contributed by atoms with E-state index >= 15 is 0 Å². The fourth-order valence-corrected chi connectivity index (χ4v) is 9.60. The van der Waals surface area contributed by atoms with Gasteiger partial charge in [-0.2, -0.15) is 0 Å².